The minimum atomic E-state index is -0.0700. The lowest BCUT2D eigenvalue weighted by Gasteiger charge is -2.34. The van der Waals surface area contributed by atoms with Crippen molar-refractivity contribution < 1.29 is 9.59 Å². The van der Waals surface area contributed by atoms with Gasteiger partial charge in [0.1, 0.15) is 5.03 Å². The first-order valence-corrected chi connectivity index (χ1v) is 10.9. The number of hydrogen-bond donors (Lipinski definition) is 0. The Morgan fingerprint density at radius 3 is 2.77 bits per heavy atom. The molecular formula is C22H23N5O2S. The molecule has 1 fully saturated rings. The zero-order valence-corrected chi connectivity index (χ0v) is 17.7. The maximum absolute atomic E-state index is 13.1. The van der Waals surface area contributed by atoms with Gasteiger partial charge in [0.15, 0.2) is 0 Å². The number of carbonyl (C=O) groups excluding carboxylic acids is 2. The van der Waals surface area contributed by atoms with Gasteiger partial charge in [0.05, 0.1) is 17.3 Å². The van der Waals surface area contributed by atoms with Gasteiger partial charge >= 0.3 is 0 Å². The summed E-state index contributed by atoms with van der Waals surface area (Å²) < 4.78 is 0. The molecule has 1 aromatic heterocycles. The van der Waals surface area contributed by atoms with Crippen LogP contribution in [-0.4, -0.2) is 65.9 Å². The Hall–Kier alpha value is -2.89. The first kappa shape index (κ1) is 20.4. The average Bonchev–Trinajstić information content (AvgIpc) is 2.90. The fourth-order valence-electron chi connectivity index (χ4n) is 3.82. The summed E-state index contributed by atoms with van der Waals surface area (Å²) in [4.78, 5) is 37.1. The smallest absolute Gasteiger partial charge is 0.261 e. The molecule has 0 unspecified atom stereocenters. The zero-order chi connectivity index (χ0) is 21.1. The second-order valence-electron chi connectivity index (χ2n) is 7.23. The number of aromatic nitrogens is 1. The lowest BCUT2D eigenvalue weighted by atomic mass is 10.1. The molecule has 3 heterocycles. The van der Waals surface area contributed by atoms with E-state index in [-0.39, 0.29) is 11.8 Å². The van der Waals surface area contributed by atoms with Crippen molar-refractivity contribution in [3.63, 3.8) is 0 Å². The van der Waals surface area contributed by atoms with E-state index in [2.05, 4.69) is 16.0 Å². The van der Waals surface area contributed by atoms with Crippen molar-refractivity contribution in [3.8, 4) is 6.07 Å². The molecule has 0 spiro atoms. The van der Waals surface area contributed by atoms with Crippen molar-refractivity contribution in [1.29, 1.82) is 5.26 Å². The lowest BCUT2D eigenvalue weighted by Crippen LogP contribution is -2.48. The number of amides is 2. The fraction of sp³-hybridized carbons (Fsp3) is 0.364. The highest BCUT2D eigenvalue weighted by Gasteiger charge is 2.29. The number of piperazine rings is 1. The van der Waals surface area contributed by atoms with Gasteiger partial charge in [-0.3, -0.25) is 14.5 Å². The van der Waals surface area contributed by atoms with Crippen LogP contribution < -0.4 is 4.90 Å². The van der Waals surface area contributed by atoms with Crippen LogP contribution in [0.5, 0.6) is 0 Å². The van der Waals surface area contributed by atoms with Crippen molar-refractivity contribution in [3.05, 3.63) is 47.7 Å². The lowest BCUT2D eigenvalue weighted by molar-refractivity contribution is 0.0639. The first-order chi connectivity index (χ1) is 14.6. The van der Waals surface area contributed by atoms with Gasteiger partial charge in [-0.05, 0) is 37.3 Å². The van der Waals surface area contributed by atoms with Crippen LogP contribution >= 0.6 is 11.8 Å². The monoisotopic (exact) mass is 421 g/mol. The van der Waals surface area contributed by atoms with Gasteiger partial charge < -0.3 is 9.80 Å². The minimum Gasteiger partial charge on any atom is -0.336 e. The fourth-order valence-corrected chi connectivity index (χ4v) is 4.88. The maximum atomic E-state index is 13.1. The predicted molar refractivity (Wildman–Crippen MR) is 115 cm³/mol. The Labute approximate surface area is 180 Å². The Balaban J connectivity index is 1.57. The summed E-state index contributed by atoms with van der Waals surface area (Å²) in [5, 5.41) is 9.41. The molecule has 1 saturated heterocycles. The summed E-state index contributed by atoms with van der Waals surface area (Å²) in [5.41, 5.74) is 2.01. The highest BCUT2D eigenvalue weighted by Crippen LogP contribution is 2.40. The van der Waals surface area contributed by atoms with E-state index in [4.69, 9.17) is 5.26 Å². The molecule has 0 saturated carbocycles. The van der Waals surface area contributed by atoms with Crippen molar-refractivity contribution in [2.24, 2.45) is 0 Å². The summed E-state index contributed by atoms with van der Waals surface area (Å²) in [5.74, 6) is -0.0717. The van der Waals surface area contributed by atoms with E-state index >= 15 is 0 Å². The largest absolute Gasteiger partial charge is 0.336 e. The molecule has 30 heavy (non-hydrogen) atoms. The number of anilines is 1. The molecule has 0 aliphatic carbocycles. The van der Waals surface area contributed by atoms with Gasteiger partial charge in [0.2, 0.25) is 0 Å². The standard InChI is InChI=1S/C22H23N5O2S/c1-2-27-18-7-6-16(21(28)26-13-11-25(12-14-26)10-4-8-23)15-19(18)30-20-17(22(27)29)5-3-9-24-20/h3,5-7,9,15H,2,4,10-14H2,1H3. The molecule has 8 heteroatoms. The van der Waals surface area contributed by atoms with Gasteiger partial charge in [-0.2, -0.15) is 5.26 Å². The van der Waals surface area contributed by atoms with Crippen molar-refractivity contribution in [2.45, 2.75) is 23.3 Å². The van der Waals surface area contributed by atoms with Crippen LogP contribution in [0.1, 0.15) is 34.1 Å². The number of nitriles is 1. The molecular weight excluding hydrogens is 398 g/mol. The molecule has 0 atom stereocenters. The highest BCUT2D eigenvalue weighted by atomic mass is 32.2. The Morgan fingerprint density at radius 1 is 1.23 bits per heavy atom. The van der Waals surface area contributed by atoms with Gasteiger partial charge in [-0.15, -0.1) is 0 Å². The average molecular weight is 422 g/mol. The van der Waals surface area contributed by atoms with Crippen LogP contribution in [0.15, 0.2) is 46.5 Å². The summed E-state index contributed by atoms with van der Waals surface area (Å²) in [6.45, 7) is 6.10. The number of hydrogen-bond acceptors (Lipinski definition) is 6. The van der Waals surface area contributed by atoms with Crippen LogP contribution in [-0.2, 0) is 0 Å². The predicted octanol–water partition coefficient (Wildman–Crippen LogP) is 2.88. The molecule has 0 bridgehead atoms. The van der Waals surface area contributed by atoms with Crippen LogP contribution in [0, 0.1) is 11.3 Å². The van der Waals surface area contributed by atoms with E-state index < -0.39 is 0 Å². The van der Waals surface area contributed by atoms with Gasteiger partial charge in [0, 0.05) is 62.3 Å². The van der Waals surface area contributed by atoms with E-state index in [0.29, 0.717) is 42.2 Å². The summed E-state index contributed by atoms with van der Waals surface area (Å²) in [6.07, 6.45) is 2.19. The first-order valence-electron chi connectivity index (χ1n) is 10.1. The third kappa shape index (κ3) is 3.91. The summed E-state index contributed by atoms with van der Waals surface area (Å²) in [6, 6.07) is 11.3. The number of rotatable bonds is 4. The molecule has 2 aliphatic heterocycles. The van der Waals surface area contributed by atoms with Crippen LogP contribution in [0.4, 0.5) is 5.69 Å². The van der Waals surface area contributed by atoms with E-state index in [9.17, 15) is 9.59 Å². The SMILES string of the molecule is CCN1C(=O)c2cccnc2Sc2cc(C(=O)N3CCN(CCC#N)CC3)ccc21. The number of benzene rings is 1. The van der Waals surface area contributed by atoms with Gasteiger partial charge in [-0.1, -0.05) is 11.8 Å². The Morgan fingerprint density at radius 2 is 2.03 bits per heavy atom. The van der Waals surface area contributed by atoms with Gasteiger partial charge in [0.25, 0.3) is 11.8 Å². The number of nitrogens with zero attached hydrogens (tertiary/aromatic N) is 5. The Kier molecular flexibility index (Phi) is 6.02. The molecule has 0 radical (unpaired) electrons. The molecule has 0 N–H and O–H groups in total. The number of fused-ring (bicyclic) bond motifs is 2. The highest BCUT2D eigenvalue weighted by molar-refractivity contribution is 7.99. The molecule has 154 valence electrons. The third-order valence-corrected chi connectivity index (χ3v) is 6.53. The van der Waals surface area contributed by atoms with Crippen molar-refractivity contribution >= 4 is 29.3 Å². The van der Waals surface area contributed by atoms with Gasteiger partial charge in [-0.25, -0.2) is 4.98 Å². The maximum Gasteiger partial charge on any atom is 0.261 e. The third-order valence-electron chi connectivity index (χ3n) is 5.47. The van der Waals surface area contributed by atoms with Crippen molar-refractivity contribution in [1.82, 2.24) is 14.8 Å². The quantitative estimate of drug-likeness (QED) is 0.755. The van der Waals surface area contributed by atoms with E-state index in [1.54, 1.807) is 23.2 Å². The summed E-state index contributed by atoms with van der Waals surface area (Å²) in [7, 11) is 0. The summed E-state index contributed by atoms with van der Waals surface area (Å²) >= 11 is 1.43. The second-order valence-corrected chi connectivity index (χ2v) is 8.26. The minimum absolute atomic E-state index is 0.00167. The zero-order valence-electron chi connectivity index (χ0n) is 16.9. The van der Waals surface area contributed by atoms with E-state index in [0.717, 1.165) is 30.2 Å². The number of carbonyl (C=O) groups is 2. The Bertz CT molecular complexity index is 1010. The normalized spacial score (nSPS) is 16.5. The van der Waals surface area contributed by atoms with E-state index in [1.807, 2.05) is 30.0 Å². The number of pyridine rings is 1. The molecule has 4 rings (SSSR count). The second kappa shape index (κ2) is 8.86. The van der Waals surface area contributed by atoms with Crippen molar-refractivity contribution in [2.75, 3.05) is 44.2 Å². The van der Waals surface area contributed by atoms with Crippen LogP contribution in [0.25, 0.3) is 0 Å². The molecule has 2 amide bonds. The molecule has 2 aromatic rings. The van der Waals surface area contributed by atoms with Crippen LogP contribution in [0.2, 0.25) is 0 Å². The molecule has 7 nitrogen and oxygen atoms in total. The molecule has 1 aromatic carbocycles. The molecule has 2 aliphatic rings. The van der Waals surface area contributed by atoms with Crippen LogP contribution in [0.3, 0.4) is 0 Å². The topological polar surface area (TPSA) is 80.5 Å². The van der Waals surface area contributed by atoms with E-state index in [1.165, 1.54) is 11.8 Å².